The van der Waals surface area contributed by atoms with Crippen LogP contribution < -0.4 is 15.0 Å². The Kier molecular flexibility index (Phi) is 6.41. The van der Waals surface area contributed by atoms with Crippen LogP contribution in [0.3, 0.4) is 0 Å². The summed E-state index contributed by atoms with van der Waals surface area (Å²) in [6, 6.07) is 12.5. The third-order valence-electron chi connectivity index (χ3n) is 4.83. The monoisotopic (exact) mass is 401 g/mol. The number of nitrogens with zero attached hydrogens (tertiary/aromatic N) is 2. The minimum atomic E-state index is -0.257. The van der Waals surface area contributed by atoms with Crippen molar-refractivity contribution in [3.63, 3.8) is 0 Å². The van der Waals surface area contributed by atoms with Gasteiger partial charge in [0, 0.05) is 38.3 Å². The molecule has 0 spiro atoms. The number of halogens is 1. The van der Waals surface area contributed by atoms with E-state index >= 15 is 0 Å². The van der Waals surface area contributed by atoms with E-state index in [-0.39, 0.29) is 11.8 Å². The smallest absolute Gasteiger partial charge is 0.259 e. The number of anilines is 2. The Morgan fingerprint density at radius 1 is 1.11 bits per heavy atom. The van der Waals surface area contributed by atoms with Crippen LogP contribution in [-0.2, 0) is 4.79 Å². The number of amides is 2. The average molecular weight is 402 g/mol. The first-order valence-corrected chi connectivity index (χ1v) is 9.68. The summed E-state index contributed by atoms with van der Waals surface area (Å²) in [6.45, 7) is 4.73. The van der Waals surface area contributed by atoms with Crippen LogP contribution in [0.25, 0.3) is 0 Å². The number of carbonyl (C=O) groups excluding carboxylic acids is 2. The number of rotatable bonds is 5. The van der Waals surface area contributed by atoms with Gasteiger partial charge in [0.25, 0.3) is 5.91 Å². The number of hydrogen-bond acceptors (Lipinski definition) is 4. The molecule has 0 bridgehead atoms. The summed E-state index contributed by atoms with van der Waals surface area (Å²) in [5.41, 5.74) is 1.98. The maximum atomic E-state index is 12.5. The highest BCUT2D eigenvalue weighted by Gasteiger charge is 2.21. The number of carbonyl (C=O) groups is 2. The average Bonchev–Trinajstić information content (AvgIpc) is 2.73. The summed E-state index contributed by atoms with van der Waals surface area (Å²) in [5, 5.41) is 3.42. The van der Waals surface area contributed by atoms with Crippen LogP contribution in [-0.4, -0.2) is 50.0 Å². The fourth-order valence-electron chi connectivity index (χ4n) is 3.29. The Morgan fingerprint density at radius 3 is 2.46 bits per heavy atom. The van der Waals surface area contributed by atoms with E-state index < -0.39 is 0 Å². The zero-order chi connectivity index (χ0) is 20.1. The highest BCUT2D eigenvalue weighted by molar-refractivity contribution is 6.33. The molecular formula is C21H24ClN3O3. The first kappa shape index (κ1) is 20.0. The third kappa shape index (κ3) is 4.39. The first-order chi connectivity index (χ1) is 13.5. The molecule has 1 fully saturated rings. The van der Waals surface area contributed by atoms with Gasteiger partial charge >= 0.3 is 0 Å². The van der Waals surface area contributed by atoms with E-state index in [0.717, 1.165) is 18.8 Å². The SMILES string of the molecule is CCC(=O)N1CCN(c2ccc(NC(=O)c3ccccc3OC)cc2Cl)CC1. The highest BCUT2D eigenvalue weighted by Crippen LogP contribution is 2.30. The molecule has 2 aromatic rings. The normalized spacial score (nSPS) is 14.0. The summed E-state index contributed by atoms with van der Waals surface area (Å²) in [6.07, 6.45) is 0.529. The number of methoxy groups -OCH3 is 1. The molecule has 6 nitrogen and oxygen atoms in total. The molecule has 0 aromatic heterocycles. The molecule has 2 aromatic carbocycles. The Bertz CT molecular complexity index is 864. The highest BCUT2D eigenvalue weighted by atomic mass is 35.5. The Labute approximate surface area is 170 Å². The number of para-hydroxylation sites is 1. The van der Waals surface area contributed by atoms with Crippen LogP contribution in [0.15, 0.2) is 42.5 Å². The van der Waals surface area contributed by atoms with Gasteiger partial charge in [0.2, 0.25) is 5.91 Å². The van der Waals surface area contributed by atoms with Crippen molar-refractivity contribution in [3.05, 3.63) is 53.1 Å². The largest absolute Gasteiger partial charge is 0.496 e. The van der Waals surface area contributed by atoms with E-state index in [1.54, 1.807) is 24.3 Å². The summed E-state index contributed by atoms with van der Waals surface area (Å²) >= 11 is 6.48. The van der Waals surface area contributed by atoms with E-state index in [0.29, 0.717) is 41.5 Å². The number of ether oxygens (including phenoxy) is 1. The molecule has 0 atom stereocenters. The molecule has 28 heavy (non-hydrogen) atoms. The Morgan fingerprint density at radius 2 is 1.82 bits per heavy atom. The second kappa shape index (κ2) is 8.97. The molecule has 1 saturated heterocycles. The molecule has 0 unspecified atom stereocenters. The van der Waals surface area contributed by atoms with Gasteiger partial charge in [0.05, 0.1) is 23.4 Å². The number of nitrogens with one attached hydrogen (secondary N) is 1. The van der Waals surface area contributed by atoms with Gasteiger partial charge in [-0.1, -0.05) is 30.7 Å². The predicted molar refractivity (Wildman–Crippen MR) is 111 cm³/mol. The van der Waals surface area contributed by atoms with Crippen molar-refractivity contribution in [2.45, 2.75) is 13.3 Å². The van der Waals surface area contributed by atoms with Crippen molar-refractivity contribution in [1.82, 2.24) is 4.90 Å². The van der Waals surface area contributed by atoms with Crippen LogP contribution in [0.4, 0.5) is 11.4 Å². The molecule has 0 saturated carbocycles. The van der Waals surface area contributed by atoms with E-state index in [1.807, 2.05) is 30.0 Å². The van der Waals surface area contributed by atoms with Gasteiger partial charge in [0.1, 0.15) is 5.75 Å². The second-order valence-electron chi connectivity index (χ2n) is 6.54. The summed E-state index contributed by atoms with van der Waals surface area (Å²) in [4.78, 5) is 28.4. The molecule has 148 valence electrons. The van der Waals surface area contributed by atoms with Crippen LogP contribution in [0.1, 0.15) is 23.7 Å². The van der Waals surface area contributed by atoms with Gasteiger partial charge < -0.3 is 19.9 Å². The number of benzene rings is 2. The summed E-state index contributed by atoms with van der Waals surface area (Å²) < 4.78 is 5.24. The molecule has 1 aliphatic heterocycles. The molecular weight excluding hydrogens is 378 g/mol. The second-order valence-corrected chi connectivity index (χ2v) is 6.95. The quantitative estimate of drug-likeness (QED) is 0.830. The van der Waals surface area contributed by atoms with Crippen molar-refractivity contribution in [3.8, 4) is 5.75 Å². The molecule has 7 heteroatoms. The van der Waals surface area contributed by atoms with Gasteiger partial charge in [-0.3, -0.25) is 9.59 Å². The van der Waals surface area contributed by atoms with Gasteiger partial charge in [0.15, 0.2) is 0 Å². The van der Waals surface area contributed by atoms with Crippen LogP contribution in [0.2, 0.25) is 5.02 Å². The van der Waals surface area contributed by atoms with Gasteiger partial charge in [-0.2, -0.15) is 0 Å². The first-order valence-electron chi connectivity index (χ1n) is 9.30. The summed E-state index contributed by atoms with van der Waals surface area (Å²) in [7, 11) is 1.53. The summed E-state index contributed by atoms with van der Waals surface area (Å²) in [5.74, 6) is 0.440. The minimum Gasteiger partial charge on any atom is -0.496 e. The molecule has 3 rings (SSSR count). The lowest BCUT2D eigenvalue weighted by atomic mass is 10.1. The van der Waals surface area contributed by atoms with Crippen molar-refractivity contribution < 1.29 is 14.3 Å². The molecule has 1 N–H and O–H groups in total. The molecule has 2 amide bonds. The van der Waals surface area contributed by atoms with Gasteiger partial charge in [-0.25, -0.2) is 0 Å². The van der Waals surface area contributed by atoms with E-state index in [2.05, 4.69) is 10.2 Å². The lowest BCUT2D eigenvalue weighted by Crippen LogP contribution is -2.48. The fourth-order valence-corrected chi connectivity index (χ4v) is 3.59. The third-order valence-corrected chi connectivity index (χ3v) is 5.14. The van der Waals surface area contributed by atoms with E-state index in [4.69, 9.17) is 16.3 Å². The zero-order valence-electron chi connectivity index (χ0n) is 16.1. The predicted octanol–water partition coefficient (Wildman–Crippen LogP) is 3.66. The van der Waals surface area contributed by atoms with E-state index in [9.17, 15) is 9.59 Å². The molecule has 0 radical (unpaired) electrons. The Hall–Kier alpha value is -2.73. The van der Waals surface area contributed by atoms with Crippen LogP contribution >= 0.6 is 11.6 Å². The van der Waals surface area contributed by atoms with E-state index in [1.165, 1.54) is 7.11 Å². The number of piperazine rings is 1. The Balaban J connectivity index is 1.68. The maximum Gasteiger partial charge on any atom is 0.259 e. The van der Waals surface area contributed by atoms with Gasteiger partial charge in [-0.15, -0.1) is 0 Å². The van der Waals surface area contributed by atoms with Crippen LogP contribution in [0, 0.1) is 0 Å². The van der Waals surface area contributed by atoms with Crippen molar-refractivity contribution in [2.75, 3.05) is 43.5 Å². The number of hydrogen-bond donors (Lipinski definition) is 1. The van der Waals surface area contributed by atoms with Gasteiger partial charge in [-0.05, 0) is 30.3 Å². The molecule has 0 aliphatic carbocycles. The standard InChI is InChI=1S/C21H24ClN3O3/c1-3-20(26)25-12-10-24(11-13-25)18-9-8-15(14-17(18)22)23-21(27)16-6-4-5-7-19(16)28-2/h4-9,14H,3,10-13H2,1-2H3,(H,23,27). The van der Waals surface area contributed by atoms with Crippen molar-refractivity contribution in [1.29, 1.82) is 0 Å². The van der Waals surface area contributed by atoms with Crippen LogP contribution in [0.5, 0.6) is 5.75 Å². The lowest BCUT2D eigenvalue weighted by molar-refractivity contribution is -0.131. The molecule has 1 aliphatic rings. The lowest BCUT2D eigenvalue weighted by Gasteiger charge is -2.36. The fraction of sp³-hybridized carbons (Fsp3) is 0.333. The van der Waals surface area contributed by atoms with Crippen molar-refractivity contribution >= 4 is 34.8 Å². The van der Waals surface area contributed by atoms with Crippen molar-refractivity contribution in [2.24, 2.45) is 0 Å². The maximum absolute atomic E-state index is 12.5. The minimum absolute atomic E-state index is 0.181. The zero-order valence-corrected chi connectivity index (χ0v) is 16.8. The molecule has 1 heterocycles. The topological polar surface area (TPSA) is 61.9 Å².